The van der Waals surface area contributed by atoms with Crippen LogP contribution in [0.15, 0.2) is 12.1 Å². The number of nitrogens with one attached hydrogen (secondary N) is 1. The molecular formula is C14H24N4. The number of aryl methyl sites for hydroxylation is 1. The first-order valence-corrected chi connectivity index (χ1v) is 7.06. The molecule has 1 aromatic rings. The van der Waals surface area contributed by atoms with E-state index in [2.05, 4.69) is 46.5 Å². The molecule has 2 rings (SSSR count). The van der Waals surface area contributed by atoms with Gasteiger partial charge in [0.15, 0.2) is 5.82 Å². The summed E-state index contributed by atoms with van der Waals surface area (Å²) in [6, 6.07) is 4.82. The minimum atomic E-state index is 0.684. The Morgan fingerprint density at radius 1 is 1.33 bits per heavy atom. The number of nitrogens with zero attached hydrogens (tertiary/aromatic N) is 3. The van der Waals surface area contributed by atoms with Gasteiger partial charge < -0.3 is 10.2 Å². The third-order valence-electron chi connectivity index (χ3n) is 3.68. The standard InChI is InChI=1S/C14H24N4/c1-3-12-7-8-14(17-16-12)18(2)11-9-13-6-4-5-10-15-13/h7-8,13,15H,3-6,9-11H2,1-2H3. The molecular weight excluding hydrogens is 224 g/mol. The van der Waals surface area contributed by atoms with Gasteiger partial charge in [0.25, 0.3) is 0 Å². The second-order valence-corrected chi connectivity index (χ2v) is 5.09. The fourth-order valence-electron chi connectivity index (χ4n) is 2.38. The molecule has 1 fully saturated rings. The van der Waals surface area contributed by atoms with Crippen LogP contribution in [0.2, 0.25) is 0 Å². The summed E-state index contributed by atoms with van der Waals surface area (Å²) in [5, 5.41) is 12.1. The smallest absolute Gasteiger partial charge is 0.150 e. The molecule has 18 heavy (non-hydrogen) atoms. The molecule has 1 aliphatic rings. The average molecular weight is 248 g/mol. The molecule has 0 radical (unpaired) electrons. The summed E-state index contributed by atoms with van der Waals surface area (Å²) in [5.74, 6) is 0.975. The maximum absolute atomic E-state index is 4.27. The lowest BCUT2D eigenvalue weighted by Gasteiger charge is -2.26. The van der Waals surface area contributed by atoms with Crippen molar-refractivity contribution in [2.45, 2.75) is 45.1 Å². The van der Waals surface area contributed by atoms with Gasteiger partial charge in [0.05, 0.1) is 5.69 Å². The van der Waals surface area contributed by atoms with E-state index < -0.39 is 0 Å². The van der Waals surface area contributed by atoms with E-state index in [1.807, 2.05) is 0 Å². The summed E-state index contributed by atoms with van der Waals surface area (Å²) in [7, 11) is 2.10. The fraction of sp³-hybridized carbons (Fsp3) is 0.714. The minimum absolute atomic E-state index is 0.684. The Kier molecular flexibility index (Phi) is 4.93. The Morgan fingerprint density at radius 2 is 2.22 bits per heavy atom. The van der Waals surface area contributed by atoms with Gasteiger partial charge in [0, 0.05) is 19.6 Å². The van der Waals surface area contributed by atoms with E-state index in [1.54, 1.807) is 0 Å². The average Bonchev–Trinajstić information content (AvgIpc) is 2.46. The largest absolute Gasteiger partial charge is 0.358 e. The van der Waals surface area contributed by atoms with E-state index in [9.17, 15) is 0 Å². The van der Waals surface area contributed by atoms with Crippen LogP contribution in [0.5, 0.6) is 0 Å². The van der Waals surface area contributed by atoms with Crippen LogP contribution in [0.1, 0.15) is 38.3 Å². The zero-order valence-corrected chi connectivity index (χ0v) is 11.5. The van der Waals surface area contributed by atoms with Crippen molar-refractivity contribution in [3.05, 3.63) is 17.8 Å². The molecule has 4 heteroatoms. The Balaban J connectivity index is 1.80. The van der Waals surface area contributed by atoms with Crippen LogP contribution >= 0.6 is 0 Å². The van der Waals surface area contributed by atoms with Crippen LogP contribution < -0.4 is 10.2 Å². The highest BCUT2D eigenvalue weighted by Gasteiger charge is 2.13. The second kappa shape index (κ2) is 6.69. The van der Waals surface area contributed by atoms with Gasteiger partial charge in [-0.05, 0) is 44.4 Å². The Hall–Kier alpha value is -1.16. The maximum atomic E-state index is 4.27. The van der Waals surface area contributed by atoms with Crippen LogP contribution in [0.4, 0.5) is 5.82 Å². The van der Waals surface area contributed by atoms with Gasteiger partial charge in [-0.15, -0.1) is 5.10 Å². The molecule has 0 spiro atoms. The fourth-order valence-corrected chi connectivity index (χ4v) is 2.38. The van der Waals surface area contributed by atoms with E-state index in [-0.39, 0.29) is 0 Å². The van der Waals surface area contributed by atoms with Crippen molar-refractivity contribution in [2.24, 2.45) is 0 Å². The van der Waals surface area contributed by atoms with E-state index in [0.717, 1.165) is 24.5 Å². The van der Waals surface area contributed by atoms with Crippen LogP contribution in [0.25, 0.3) is 0 Å². The van der Waals surface area contributed by atoms with Gasteiger partial charge in [0.2, 0.25) is 0 Å². The van der Waals surface area contributed by atoms with Crippen LogP contribution in [-0.4, -0.2) is 36.4 Å². The summed E-state index contributed by atoms with van der Waals surface area (Å²) in [4.78, 5) is 2.20. The number of anilines is 1. The molecule has 1 atom stereocenters. The summed E-state index contributed by atoms with van der Waals surface area (Å²) in [5.41, 5.74) is 1.06. The lowest BCUT2D eigenvalue weighted by molar-refractivity contribution is 0.384. The van der Waals surface area contributed by atoms with E-state index >= 15 is 0 Å². The molecule has 1 aromatic heterocycles. The molecule has 0 aromatic carbocycles. The molecule has 0 amide bonds. The molecule has 2 heterocycles. The third-order valence-corrected chi connectivity index (χ3v) is 3.68. The summed E-state index contributed by atoms with van der Waals surface area (Å²) in [6.45, 7) is 4.32. The highest BCUT2D eigenvalue weighted by Crippen LogP contribution is 2.13. The molecule has 4 nitrogen and oxygen atoms in total. The Bertz CT molecular complexity index is 343. The Labute approximate surface area is 110 Å². The topological polar surface area (TPSA) is 41.0 Å². The Morgan fingerprint density at radius 3 is 2.83 bits per heavy atom. The first-order valence-electron chi connectivity index (χ1n) is 7.06. The lowest BCUT2D eigenvalue weighted by atomic mass is 10.0. The van der Waals surface area contributed by atoms with Gasteiger partial charge in [-0.1, -0.05) is 13.3 Å². The van der Waals surface area contributed by atoms with Gasteiger partial charge >= 0.3 is 0 Å². The van der Waals surface area contributed by atoms with E-state index in [4.69, 9.17) is 0 Å². The van der Waals surface area contributed by atoms with Gasteiger partial charge in [0.1, 0.15) is 0 Å². The molecule has 0 aliphatic carbocycles. The van der Waals surface area contributed by atoms with Crippen LogP contribution in [-0.2, 0) is 6.42 Å². The highest BCUT2D eigenvalue weighted by molar-refractivity contribution is 5.35. The normalized spacial score (nSPS) is 19.8. The SMILES string of the molecule is CCc1ccc(N(C)CCC2CCCCN2)nn1. The molecule has 100 valence electrons. The first-order chi connectivity index (χ1) is 8.79. The molecule has 0 bridgehead atoms. The molecule has 1 saturated heterocycles. The van der Waals surface area contributed by atoms with Crippen molar-refractivity contribution in [1.82, 2.24) is 15.5 Å². The maximum Gasteiger partial charge on any atom is 0.150 e. The van der Waals surface area contributed by atoms with E-state index in [0.29, 0.717) is 6.04 Å². The van der Waals surface area contributed by atoms with Crippen molar-refractivity contribution in [3.63, 3.8) is 0 Å². The van der Waals surface area contributed by atoms with Crippen molar-refractivity contribution in [3.8, 4) is 0 Å². The van der Waals surface area contributed by atoms with E-state index in [1.165, 1.54) is 32.2 Å². The van der Waals surface area contributed by atoms with Crippen molar-refractivity contribution in [2.75, 3.05) is 25.0 Å². The van der Waals surface area contributed by atoms with Crippen LogP contribution in [0, 0.1) is 0 Å². The third kappa shape index (κ3) is 3.67. The second-order valence-electron chi connectivity index (χ2n) is 5.09. The number of rotatable bonds is 5. The molecule has 0 saturated carbocycles. The van der Waals surface area contributed by atoms with Gasteiger partial charge in [-0.2, -0.15) is 5.10 Å². The number of aromatic nitrogens is 2. The summed E-state index contributed by atoms with van der Waals surface area (Å²) in [6.07, 6.45) is 6.15. The predicted molar refractivity (Wildman–Crippen MR) is 74.9 cm³/mol. The first kappa shape index (κ1) is 13.3. The summed E-state index contributed by atoms with van der Waals surface area (Å²) >= 11 is 0. The van der Waals surface area contributed by atoms with Gasteiger partial charge in [-0.3, -0.25) is 0 Å². The molecule has 1 unspecified atom stereocenters. The molecule has 1 N–H and O–H groups in total. The number of hydrogen-bond donors (Lipinski definition) is 1. The van der Waals surface area contributed by atoms with Crippen molar-refractivity contribution >= 4 is 5.82 Å². The molecule has 1 aliphatic heterocycles. The zero-order chi connectivity index (χ0) is 12.8. The van der Waals surface area contributed by atoms with Crippen molar-refractivity contribution in [1.29, 1.82) is 0 Å². The lowest BCUT2D eigenvalue weighted by Crippen LogP contribution is -2.36. The predicted octanol–water partition coefficient (Wildman–Crippen LogP) is 2.01. The zero-order valence-electron chi connectivity index (χ0n) is 11.5. The van der Waals surface area contributed by atoms with Crippen molar-refractivity contribution < 1.29 is 0 Å². The quantitative estimate of drug-likeness (QED) is 0.865. The van der Waals surface area contributed by atoms with Crippen LogP contribution in [0.3, 0.4) is 0 Å². The monoisotopic (exact) mass is 248 g/mol. The highest BCUT2D eigenvalue weighted by atomic mass is 15.2. The summed E-state index contributed by atoms with van der Waals surface area (Å²) < 4.78 is 0. The number of hydrogen-bond acceptors (Lipinski definition) is 4. The van der Waals surface area contributed by atoms with Gasteiger partial charge in [-0.25, -0.2) is 0 Å². The minimum Gasteiger partial charge on any atom is -0.358 e. The number of piperidine rings is 1.